The van der Waals surface area contributed by atoms with Gasteiger partial charge in [0.25, 0.3) is 0 Å². The van der Waals surface area contributed by atoms with Crippen LogP contribution < -0.4 is 4.72 Å². The van der Waals surface area contributed by atoms with Crippen molar-refractivity contribution in [3.63, 3.8) is 0 Å². The molecule has 2 aromatic rings. The van der Waals surface area contributed by atoms with Crippen LogP contribution in [0.2, 0.25) is 0 Å². The molecule has 0 spiro atoms. The van der Waals surface area contributed by atoms with E-state index >= 15 is 0 Å². The van der Waals surface area contributed by atoms with Crippen molar-refractivity contribution in [3.8, 4) is 0 Å². The fourth-order valence-corrected chi connectivity index (χ4v) is 5.28. The van der Waals surface area contributed by atoms with E-state index in [0.29, 0.717) is 11.4 Å². The second kappa shape index (κ2) is 7.32. The Hall–Kier alpha value is -1.63. The summed E-state index contributed by atoms with van der Waals surface area (Å²) in [6, 6.07) is 7.51. The van der Waals surface area contributed by atoms with Gasteiger partial charge in [-0.25, -0.2) is 13.1 Å². The van der Waals surface area contributed by atoms with Crippen molar-refractivity contribution >= 4 is 10.0 Å². The first kappa shape index (κ1) is 18.2. The van der Waals surface area contributed by atoms with E-state index in [-0.39, 0.29) is 6.04 Å². The van der Waals surface area contributed by atoms with Crippen molar-refractivity contribution in [2.24, 2.45) is 0 Å². The molecule has 1 aliphatic heterocycles. The van der Waals surface area contributed by atoms with Crippen LogP contribution in [-0.2, 0) is 10.0 Å². The summed E-state index contributed by atoms with van der Waals surface area (Å²) in [5, 5.41) is 0. The molecule has 6 heteroatoms. The van der Waals surface area contributed by atoms with Gasteiger partial charge in [0.1, 0.15) is 5.76 Å². The topological polar surface area (TPSA) is 62.6 Å². The molecule has 5 nitrogen and oxygen atoms in total. The highest BCUT2D eigenvalue weighted by Gasteiger charge is 2.28. The maximum atomic E-state index is 12.9. The zero-order valence-corrected chi connectivity index (χ0v) is 15.9. The Balaban J connectivity index is 1.83. The van der Waals surface area contributed by atoms with Crippen LogP contribution in [0.15, 0.2) is 39.8 Å². The number of nitrogens with one attached hydrogen (secondary N) is 1. The summed E-state index contributed by atoms with van der Waals surface area (Å²) in [6.45, 7) is 7.91. The summed E-state index contributed by atoms with van der Waals surface area (Å²) >= 11 is 0. The third kappa shape index (κ3) is 3.97. The number of nitrogens with zero attached hydrogens (tertiary/aromatic N) is 1. The molecular weight excluding hydrogens is 336 g/mol. The third-order valence-electron chi connectivity index (χ3n) is 4.79. The maximum Gasteiger partial charge on any atom is 0.241 e. The number of likely N-dealkylation sites (tertiary alicyclic amines) is 1. The van der Waals surface area contributed by atoms with Gasteiger partial charge >= 0.3 is 0 Å². The number of furan rings is 1. The number of benzene rings is 1. The van der Waals surface area contributed by atoms with E-state index in [0.717, 1.165) is 48.4 Å². The Morgan fingerprint density at radius 2 is 1.80 bits per heavy atom. The SMILES string of the molecule is Cc1cc(C)c(S(=O)(=O)NCC(c2ccco2)N2CCCC2)c(C)c1. The fraction of sp³-hybridized carbons (Fsp3) is 0.474. The van der Waals surface area contributed by atoms with Gasteiger partial charge in [0.15, 0.2) is 0 Å². The predicted octanol–water partition coefficient (Wildman–Crippen LogP) is 3.32. The molecule has 0 aliphatic carbocycles. The molecule has 1 saturated heterocycles. The van der Waals surface area contributed by atoms with Gasteiger partial charge in [-0.05, 0) is 70.0 Å². The normalized spacial score (nSPS) is 17.1. The van der Waals surface area contributed by atoms with Gasteiger partial charge in [0.2, 0.25) is 10.0 Å². The van der Waals surface area contributed by atoms with Crippen molar-refractivity contribution in [3.05, 3.63) is 53.0 Å². The molecule has 0 bridgehead atoms. The van der Waals surface area contributed by atoms with Crippen LogP contribution in [0.5, 0.6) is 0 Å². The van der Waals surface area contributed by atoms with Crippen LogP contribution in [-0.4, -0.2) is 33.0 Å². The molecular formula is C19H26N2O3S. The summed E-state index contributed by atoms with van der Waals surface area (Å²) in [7, 11) is -3.57. The standard InChI is InChI=1S/C19H26N2O3S/c1-14-11-15(2)19(16(3)12-14)25(22,23)20-13-17(18-7-6-10-24-18)21-8-4-5-9-21/h6-7,10-12,17,20H,4-5,8-9,13H2,1-3H3. The molecule has 1 aromatic carbocycles. The lowest BCUT2D eigenvalue weighted by molar-refractivity contribution is 0.216. The van der Waals surface area contributed by atoms with Crippen molar-refractivity contribution in [1.82, 2.24) is 9.62 Å². The van der Waals surface area contributed by atoms with E-state index in [9.17, 15) is 8.42 Å². The van der Waals surface area contributed by atoms with Crippen molar-refractivity contribution in [1.29, 1.82) is 0 Å². The number of rotatable bonds is 6. The monoisotopic (exact) mass is 362 g/mol. The van der Waals surface area contributed by atoms with Crippen LogP contribution in [0.25, 0.3) is 0 Å². The highest BCUT2D eigenvalue weighted by atomic mass is 32.2. The highest BCUT2D eigenvalue weighted by Crippen LogP contribution is 2.26. The minimum Gasteiger partial charge on any atom is -0.468 e. The predicted molar refractivity (Wildman–Crippen MR) is 98.1 cm³/mol. The molecule has 2 heterocycles. The molecule has 25 heavy (non-hydrogen) atoms. The van der Waals surface area contributed by atoms with Crippen molar-refractivity contribution in [2.75, 3.05) is 19.6 Å². The van der Waals surface area contributed by atoms with Crippen LogP contribution in [0, 0.1) is 20.8 Å². The summed E-state index contributed by atoms with van der Waals surface area (Å²) < 4.78 is 34.2. The molecule has 0 saturated carbocycles. The molecule has 1 N–H and O–H groups in total. The van der Waals surface area contributed by atoms with E-state index in [2.05, 4.69) is 9.62 Å². The molecule has 0 radical (unpaired) electrons. The molecule has 1 atom stereocenters. The average Bonchev–Trinajstić information content (AvgIpc) is 3.19. The second-order valence-corrected chi connectivity index (χ2v) is 8.56. The van der Waals surface area contributed by atoms with Gasteiger partial charge in [0.05, 0.1) is 17.2 Å². The molecule has 3 rings (SSSR count). The zero-order valence-electron chi connectivity index (χ0n) is 15.1. The van der Waals surface area contributed by atoms with E-state index < -0.39 is 10.0 Å². The zero-order chi connectivity index (χ0) is 18.0. The lowest BCUT2D eigenvalue weighted by Gasteiger charge is -2.26. The highest BCUT2D eigenvalue weighted by molar-refractivity contribution is 7.89. The lowest BCUT2D eigenvalue weighted by Crippen LogP contribution is -2.37. The Labute approximate surface area is 150 Å². The van der Waals surface area contributed by atoms with Gasteiger partial charge in [0, 0.05) is 6.54 Å². The van der Waals surface area contributed by atoms with Gasteiger partial charge in [-0.1, -0.05) is 17.7 Å². The van der Waals surface area contributed by atoms with E-state index in [1.807, 2.05) is 45.0 Å². The number of hydrogen-bond donors (Lipinski definition) is 1. The number of hydrogen-bond acceptors (Lipinski definition) is 4. The van der Waals surface area contributed by atoms with E-state index in [1.54, 1.807) is 6.26 Å². The first-order valence-electron chi connectivity index (χ1n) is 8.73. The first-order chi connectivity index (χ1) is 11.9. The minimum atomic E-state index is -3.57. The fourth-order valence-electron chi connectivity index (χ4n) is 3.80. The van der Waals surface area contributed by atoms with Gasteiger partial charge in [-0.2, -0.15) is 0 Å². The molecule has 0 amide bonds. The smallest absolute Gasteiger partial charge is 0.241 e. The lowest BCUT2D eigenvalue weighted by atomic mass is 10.1. The Morgan fingerprint density at radius 1 is 1.16 bits per heavy atom. The second-order valence-electron chi connectivity index (χ2n) is 6.85. The van der Waals surface area contributed by atoms with Crippen molar-refractivity contribution < 1.29 is 12.8 Å². The first-order valence-corrected chi connectivity index (χ1v) is 10.2. The summed E-state index contributed by atoms with van der Waals surface area (Å²) in [5.41, 5.74) is 2.63. The van der Waals surface area contributed by atoms with Crippen LogP contribution in [0.4, 0.5) is 0 Å². The third-order valence-corrected chi connectivity index (χ3v) is 6.52. The molecule has 1 unspecified atom stereocenters. The van der Waals surface area contributed by atoms with Crippen LogP contribution >= 0.6 is 0 Å². The molecule has 136 valence electrons. The van der Waals surface area contributed by atoms with Gasteiger partial charge < -0.3 is 4.42 Å². The summed E-state index contributed by atoms with van der Waals surface area (Å²) in [5.74, 6) is 0.807. The number of aryl methyl sites for hydroxylation is 3. The van der Waals surface area contributed by atoms with Gasteiger partial charge in [-0.3, -0.25) is 4.90 Å². The number of sulfonamides is 1. The van der Waals surface area contributed by atoms with Gasteiger partial charge in [-0.15, -0.1) is 0 Å². The molecule has 1 fully saturated rings. The van der Waals surface area contributed by atoms with Crippen molar-refractivity contribution in [2.45, 2.75) is 44.6 Å². The van der Waals surface area contributed by atoms with Crippen LogP contribution in [0.1, 0.15) is 41.3 Å². The maximum absolute atomic E-state index is 12.9. The quantitative estimate of drug-likeness (QED) is 0.856. The Bertz CT molecular complexity index is 799. The largest absolute Gasteiger partial charge is 0.468 e. The molecule has 1 aliphatic rings. The minimum absolute atomic E-state index is 0.0710. The van der Waals surface area contributed by atoms with Crippen LogP contribution in [0.3, 0.4) is 0 Å². The summed E-state index contributed by atoms with van der Waals surface area (Å²) in [4.78, 5) is 2.67. The Kier molecular flexibility index (Phi) is 5.32. The van der Waals surface area contributed by atoms with E-state index in [1.165, 1.54) is 0 Å². The van der Waals surface area contributed by atoms with E-state index in [4.69, 9.17) is 4.42 Å². The summed E-state index contributed by atoms with van der Waals surface area (Å²) in [6.07, 6.45) is 3.92. The average molecular weight is 362 g/mol. The Morgan fingerprint density at radius 3 is 2.36 bits per heavy atom. The molecule has 1 aromatic heterocycles.